The van der Waals surface area contributed by atoms with E-state index in [9.17, 15) is 4.79 Å². The molecule has 2 aromatic heterocycles. The van der Waals surface area contributed by atoms with Crippen LogP contribution in [0.5, 0.6) is 0 Å². The van der Waals surface area contributed by atoms with E-state index in [1.807, 2.05) is 42.5 Å². The van der Waals surface area contributed by atoms with Gasteiger partial charge in [-0.2, -0.15) is 5.21 Å². The molecule has 0 radical (unpaired) electrons. The normalized spacial score (nSPS) is 10.9. The van der Waals surface area contributed by atoms with Gasteiger partial charge in [0.05, 0.1) is 0 Å². The van der Waals surface area contributed by atoms with E-state index in [2.05, 4.69) is 42.6 Å². The summed E-state index contributed by atoms with van der Waals surface area (Å²) in [5, 5.41) is 15.2. The molecular weight excluding hydrogens is 328 g/mol. The molecule has 2 aromatic carbocycles. The number of fused-ring (bicyclic) bond motifs is 1. The van der Waals surface area contributed by atoms with E-state index in [-0.39, 0.29) is 5.56 Å². The molecule has 0 aliphatic heterocycles. The van der Waals surface area contributed by atoms with Gasteiger partial charge in [0.15, 0.2) is 5.82 Å². The van der Waals surface area contributed by atoms with Gasteiger partial charge >= 0.3 is 0 Å². The molecule has 130 valence electrons. The molecule has 7 nitrogen and oxygen atoms in total. The molecule has 7 heteroatoms. The summed E-state index contributed by atoms with van der Waals surface area (Å²) in [6, 6.07) is 19.7. The summed E-state index contributed by atoms with van der Waals surface area (Å²) in [7, 11) is 0. The molecule has 0 bridgehead atoms. The number of nitrogens with one attached hydrogen (secondary N) is 2. The maximum absolute atomic E-state index is 12.1. The lowest BCUT2D eigenvalue weighted by Gasteiger charge is -2.25. The van der Waals surface area contributed by atoms with Crippen LogP contribution in [-0.2, 0) is 13.0 Å². The Bertz CT molecular complexity index is 1040. The standard InChI is InChI=1S/C19H18N6O/c26-19-12-14(16-8-4-5-9-17(16)20-19)13-25(15-6-2-1-3-7-15)11-10-18-21-23-24-22-18/h1-9,12H,10-11,13H2,(H,20,26)(H,21,22,23,24). The predicted octanol–water partition coefficient (Wildman–Crippen LogP) is 2.29. The van der Waals surface area contributed by atoms with Crippen molar-refractivity contribution in [3.05, 3.63) is 82.4 Å². The fourth-order valence-corrected chi connectivity index (χ4v) is 3.08. The topological polar surface area (TPSA) is 90.6 Å². The minimum absolute atomic E-state index is 0.0927. The van der Waals surface area contributed by atoms with Crippen LogP contribution < -0.4 is 10.5 Å². The van der Waals surface area contributed by atoms with Gasteiger partial charge < -0.3 is 9.88 Å². The Morgan fingerprint density at radius 3 is 2.62 bits per heavy atom. The highest BCUT2D eigenvalue weighted by Crippen LogP contribution is 2.21. The summed E-state index contributed by atoms with van der Waals surface area (Å²) < 4.78 is 0. The summed E-state index contributed by atoms with van der Waals surface area (Å²) >= 11 is 0. The van der Waals surface area contributed by atoms with Crippen molar-refractivity contribution in [1.29, 1.82) is 0 Å². The lowest BCUT2D eigenvalue weighted by Crippen LogP contribution is -2.26. The fraction of sp³-hybridized carbons (Fsp3) is 0.158. The van der Waals surface area contributed by atoms with Crippen LogP contribution in [0.25, 0.3) is 10.9 Å². The fourth-order valence-electron chi connectivity index (χ4n) is 3.08. The van der Waals surface area contributed by atoms with Crippen LogP contribution in [0.1, 0.15) is 11.4 Å². The molecular formula is C19H18N6O. The van der Waals surface area contributed by atoms with Gasteiger partial charge in [0.2, 0.25) is 5.56 Å². The van der Waals surface area contributed by atoms with Gasteiger partial charge in [0, 0.05) is 42.2 Å². The number of benzene rings is 2. The zero-order chi connectivity index (χ0) is 17.8. The quantitative estimate of drug-likeness (QED) is 0.559. The van der Waals surface area contributed by atoms with Gasteiger partial charge in [-0.05, 0) is 23.8 Å². The van der Waals surface area contributed by atoms with Crippen LogP contribution in [0.4, 0.5) is 5.69 Å². The first-order valence-corrected chi connectivity index (χ1v) is 8.43. The molecule has 0 saturated heterocycles. The van der Waals surface area contributed by atoms with E-state index in [1.54, 1.807) is 6.07 Å². The first kappa shape index (κ1) is 16.0. The van der Waals surface area contributed by atoms with E-state index in [0.717, 1.165) is 22.2 Å². The maximum atomic E-state index is 12.1. The number of hydrogen-bond donors (Lipinski definition) is 2. The first-order chi connectivity index (χ1) is 12.8. The second kappa shape index (κ2) is 7.18. The molecule has 2 N–H and O–H groups in total. The molecule has 2 heterocycles. The minimum atomic E-state index is -0.0927. The van der Waals surface area contributed by atoms with Crippen molar-refractivity contribution in [2.75, 3.05) is 11.4 Å². The lowest BCUT2D eigenvalue weighted by atomic mass is 10.1. The Morgan fingerprint density at radius 2 is 1.81 bits per heavy atom. The monoisotopic (exact) mass is 346 g/mol. The van der Waals surface area contributed by atoms with Crippen LogP contribution in [0.15, 0.2) is 65.5 Å². The van der Waals surface area contributed by atoms with Gasteiger partial charge in [-0.1, -0.05) is 41.6 Å². The van der Waals surface area contributed by atoms with Crippen molar-refractivity contribution in [1.82, 2.24) is 25.6 Å². The van der Waals surface area contributed by atoms with Crippen LogP contribution in [0, 0.1) is 0 Å². The number of H-pyrrole nitrogens is 2. The second-order valence-corrected chi connectivity index (χ2v) is 6.04. The molecule has 0 amide bonds. The summed E-state index contributed by atoms with van der Waals surface area (Å²) in [5.74, 6) is 0.668. The highest BCUT2D eigenvalue weighted by Gasteiger charge is 2.12. The number of hydrogen-bond acceptors (Lipinski definition) is 5. The predicted molar refractivity (Wildman–Crippen MR) is 99.9 cm³/mol. The maximum Gasteiger partial charge on any atom is 0.248 e. The summed E-state index contributed by atoms with van der Waals surface area (Å²) in [6.45, 7) is 1.33. The van der Waals surface area contributed by atoms with Gasteiger partial charge in [0.25, 0.3) is 0 Å². The molecule has 26 heavy (non-hydrogen) atoms. The van der Waals surface area contributed by atoms with Crippen LogP contribution in [-0.4, -0.2) is 32.2 Å². The average molecular weight is 346 g/mol. The Morgan fingerprint density at radius 1 is 1.00 bits per heavy atom. The number of tetrazole rings is 1. The largest absolute Gasteiger partial charge is 0.367 e. The molecule has 0 aliphatic rings. The molecule has 4 rings (SSSR count). The van der Waals surface area contributed by atoms with Gasteiger partial charge in [-0.3, -0.25) is 4.79 Å². The molecule has 0 saturated carbocycles. The van der Waals surface area contributed by atoms with Crippen LogP contribution >= 0.6 is 0 Å². The molecule has 0 fully saturated rings. The smallest absolute Gasteiger partial charge is 0.248 e. The van der Waals surface area contributed by atoms with Crippen molar-refractivity contribution in [2.45, 2.75) is 13.0 Å². The summed E-state index contributed by atoms with van der Waals surface area (Å²) in [6.07, 6.45) is 0.659. The zero-order valence-corrected chi connectivity index (χ0v) is 14.1. The number of nitrogens with zero attached hydrogens (tertiary/aromatic N) is 4. The third-order valence-electron chi connectivity index (χ3n) is 4.31. The third kappa shape index (κ3) is 3.46. The number of anilines is 1. The van der Waals surface area contributed by atoms with E-state index in [1.165, 1.54) is 0 Å². The second-order valence-electron chi connectivity index (χ2n) is 6.04. The Balaban J connectivity index is 1.67. The summed E-state index contributed by atoms with van der Waals surface area (Å²) in [4.78, 5) is 17.2. The van der Waals surface area contributed by atoms with E-state index >= 15 is 0 Å². The van der Waals surface area contributed by atoms with E-state index in [0.29, 0.717) is 25.3 Å². The molecule has 0 spiro atoms. The number of aromatic nitrogens is 5. The van der Waals surface area contributed by atoms with Crippen LogP contribution in [0.2, 0.25) is 0 Å². The van der Waals surface area contributed by atoms with Crippen molar-refractivity contribution in [3.8, 4) is 0 Å². The van der Waals surface area contributed by atoms with Gasteiger partial charge in [-0.25, -0.2) is 0 Å². The Kier molecular flexibility index (Phi) is 4.42. The molecule has 0 unspecified atom stereocenters. The number of para-hydroxylation sites is 2. The molecule has 0 atom stereocenters. The lowest BCUT2D eigenvalue weighted by molar-refractivity contribution is 0.757. The van der Waals surface area contributed by atoms with Crippen molar-refractivity contribution in [2.24, 2.45) is 0 Å². The van der Waals surface area contributed by atoms with E-state index in [4.69, 9.17) is 0 Å². The van der Waals surface area contributed by atoms with Crippen LogP contribution in [0.3, 0.4) is 0 Å². The molecule has 0 aliphatic carbocycles. The third-order valence-corrected chi connectivity index (χ3v) is 4.31. The van der Waals surface area contributed by atoms with Gasteiger partial charge in [0.1, 0.15) is 0 Å². The SMILES string of the molecule is O=c1cc(CN(CCc2nn[nH]n2)c2ccccc2)c2ccccc2[nH]1. The highest BCUT2D eigenvalue weighted by atomic mass is 16.1. The number of aromatic amines is 2. The van der Waals surface area contributed by atoms with Crippen molar-refractivity contribution in [3.63, 3.8) is 0 Å². The van der Waals surface area contributed by atoms with Crippen molar-refractivity contribution < 1.29 is 0 Å². The first-order valence-electron chi connectivity index (χ1n) is 8.43. The number of pyridine rings is 1. The van der Waals surface area contributed by atoms with Gasteiger partial charge in [-0.15, -0.1) is 10.2 Å². The zero-order valence-electron chi connectivity index (χ0n) is 14.1. The van der Waals surface area contributed by atoms with Crippen molar-refractivity contribution >= 4 is 16.6 Å². The Labute approximate surface area is 149 Å². The minimum Gasteiger partial charge on any atom is -0.367 e. The highest BCUT2D eigenvalue weighted by molar-refractivity contribution is 5.82. The number of rotatable bonds is 6. The molecule has 4 aromatic rings. The average Bonchev–Trinajstić information content (AvgIpc) is 3.19. The van der Waals surface area contributed by atoms with E-state index < -0.39 is 0 Å². The summed E-state index contributed by atoms with van der Waals surface area (Å²) in [5.41, 5.74) is 2.83. The Hall–Kier alpha value is -3.48.